The Kier molecular flexibility index (Phi) is 3.25. The monoisotopic (exact) mass is 255 g/mol. The quantitative estimate of drug-likeness (QED) is 0.697. The average Bonchev–Trinajstić information content (AvgIpc) is 2.52. The summed E-state index contributed by atoms with van der Waals surface area (Å²) in [6.45, 7) is 3.95. The number of hydrogen-bond donors (Lipinski definition) is 1. The lowest BCUT2D eigenvalue weighted by molar-refractivity contribution is -0.197. The summed E-state index contributed by atoms with van der Waals surface area (Å²) in [6.07, 6.45) is 1.79. The number of carbonyl (C=O) groups excluding carboxylic acids is 3. The fourth-order valence-corrected chi connectivity index (χ4v) is 1.97. The predicted octanol–water partition coefficient (Wildman–Crippen LogP) is -0.129. The summed E-state index contributed by atoms with van der Waals surface area (Å²) in [5.74, 6) is -0.756. The number of nitrogens with zero attached hydrogens (tertiary/aromatic N) is 2. The minimum atomic E-state index is -0.944. The largest absolute Gasteiger partial charge is 0.325 e. The van der Waals surface area contributed by atoms with E-state index >= 15 is 0 Å². The number of nitrogens with one attached hydrogen (secondary N) is 1. The van der Waals surface area contributed by atoms with Crippen LogP contribution in [0.1, 0.15) is 26.7 Å². The first-order valence-electron chi connectivity index (χ1n) is 5.99. The molecule has 7 heteroatoms. The van der Waals surface area contributed by atoms with Crippen molar-refractivity contribution < 1.29 is 19.2 Å². The van der Waals surface area contributed by atoms with Crippen LogP contribution in [0.15, 0.2) is 0 Å². The van der Waals surface area contributed by atoms with Gasteiger partial charge in [0, 0.05) is 6.54 Å². The number of hydrogen-bond acceptors (Lipinski definition) is 4. The molecule has 4 amide bonds. The topological polar surface area (TPSA) is 79.0 Å². The Morgan fingerprint density at radius 2 is 2.11 bits per heavy atom. The summed E-state index contributed by atoms with van der Waals surface area (Å²) >= 11 is 0. The first-order valence-corrected chi connectivity index (χ1v) is 5.99. The van der Waals surface area contributed by atoms with Gasteiger partial charge < -0.3 is 5.32 Å². The normalized spacial score (nSPS) is 23.2. The highest BCUT2D eigenvalue weighted by molar-refractivity contribution is 6.08. The third kappa shape index (κ3) is 2.31. The highest BCUT2D eigenvalue weighted by Crippen LogP contribution is 2.17. The molecule has 0 aromatic carbocycles. The second-order valence-corrected chi connectivity index (χ2v) is 4.98. The molecule has 0 aromatic rings. The zero-order chi connectivity index (χ0) is 13.3. The van der Waals surface area contributed by atoms with Gasteiger partial charge in [0.2, 0.25) is 0 Å². The van der Waals surface area contributed by atoms with E-state index in [4.69, 9.17) is 4.84 Å². The molecule has 0 bridgehead atoms. The van der Waals surface area contributed by atoms with Gasteiger partial charge in [0.1, 0.15) is 12.1 Å². The molecule has 0 aromatic heterocycles. The van der Waals surface area contributed by atoms with Gasteiger partial charge in [-0.25, -0.2) is 9.86 Å². The van der Waals surface area contributed by atoms with Gasteiger partial charge in [-0.05, 0) is 26.7 Å². The Bertz CT molecular complexity index is 388. The summed E-state index contributed by atoms with van der Waals surface area (Å²) in [5, 5.41) is 3.76. The summed E-state index contributed by atoms with van der Waals surface area (Å²) in [5.41, 5.74) is -0.944. The molecule has 1 N–H and O–H groups in total. The lowest BCUT2D eigenvalue weighted by Crippen LogP contribution is -2.45. The molecule has 0 aliphatic carbocycles. The van der Waals surface area contributed by atoms with Crippen molar-refractivity contribution in [3.63, 3.8) is 0 Å². The van der Waals surface area contributed by atoms with Crippen molar-refractivity contribution in [2.45, 2.75) is 32.2 Å². The Hall–Kier alpha value is -1.63. The van der Waals surface area contributed by atoms with Gasteiger partial charge in [0.25, 0.3) is 11.8 Å². The second-order valence-electron chi connectivity index (χ2n) is 4.98. The molecule has 2 aliphatic heterocycles. The molecule has 7 nitrogen and oxygen atoms in total. The fraction of sp³-hybridized carbons (Fsp3) is 0.727. The van der Waals surface area contributed by atoms with Crippen LogP contribution < -0.4 is 5.32 Å². The van der Waals surface area contributed by atoms with Crippen LogP contribution in [0.5, 0.6) is 0 Å². The molecular weight excluding hydrogens is 238 g/mol. The van der Waals surface area contributed by atoms with Crippen molar-refractivity contribution >= 4 is 17.8 Å². The van der Waals surface area contributed by atoms with Crippen LogP contribution >= 0.6 is 0 Å². The second kappa shape index (κ2) is 4.56. The molecule has 0 saturated carbocycles. The Balaban J connectivity index is 1.99. The predicted molar refractivity (Wildman–Crippen MR) is 61.2 cm³/mol. The van der Waals surface area contributed by atoms with Crippen molar-refractivity contribution in [3.05, 3.63) is 0 Å². The lowest BCUT2D eigenvalue weighted by atomic mass is 10.1. The van der Waals surface area contributed by atoms with Gasteiger partial charge in [-0.2, -0.15) is 0 Å². The molecule has 100 valence electrons. The highest BCUT2D eigenvalue weighted by Gasteiger charge is 2.45. The van der Waals surface area contributed by atoms with E-state index in [0.717, 1.165) is 17.7 Å². The summed E-state index contributed by atoms with van der Waals surface area (Å²) in [7, 11) is 0. The van der Waals surface area contributed by atoms with E-state index in [1.54, 1.807) is 13.8 Å². The van der Waals surface area contributed by atoms with Crippen LogP contribution in [0.25, 0.3) is 0 Å². The van der Waals surface area contributed by atoms with E-state index in [0.29, 0.717) is 13.2 Å². The maximum absolute atomic E-state index is 11.9. The van der Waals surface area contributed by atoms with Crippen molar-refractivity contribution in [1.82, 2.24) is 15.3 Å². The maximum atomic E-state index is 11.9. The van der Waals surface area contributed by atoms with Crippen LogP contribution in [0.2, 0.25) is 0 Å². The number of carbonyl (C=O) groups is 3. The Morgan fingerprint density at radius 3 is 2.61 bits per heavy atom. The van der Waals surface area contributed by atoms with E-state index in [1.807, 2.05) is 0 Å². The summed E-state index contributed by atoms with van der Waals surface area (Å²) in [6, 6.07) is -0.532. The van der Waals surface area contributed by atoms with E-state index in [1.165, 1.54) is 5.06 Å². The van der Waals surface area contributed by atoms with E-state index < -0.39 is 17.5 Å². The molecule has 18 heavy (non-hydrogen) atoms. The number of amides is 4. The van der Waals surface area contributed by atoms with E-state index in [2.05, 4.69) is 5.32 Å². The van der Waals surface area contributed by atoms with Crippen molar-refractivity contribution in [1.29, 1.82) is 0 Å². The van der Waals surface area contributed by atoms with Gasteiger partial charge in [0.15, 0.2) is 0 Å². The number of hydroxylamine groups is 2. The molecular formula is C11H17N3O4. The van der Waals surface area contributed by atoms with Gasteiger partial charge in [0.05, 0.1) is 6.61 Å². The molecule has 0 radical (unpaired) electrons. The van der Waals surface area contributed by atoms with Crippen molar-refractivity contribution in [3.8, 4) is 0 Å². The first kappa shape index (κ1) is 12.8. The first-order chi connectivity index (χ1) is 8.42. The Labute approximate surface area is 105 Å². The van der Waals surface area contributed by atoms with Gasteiger partial charge in [-0.15, -0.1) is 0 Å². The summed E-state index contributed by atoms with van der Waals surface area (Å²) in [4.78, 5) is 41.5. The van der Waals surface area contributed by atoms with Crippen LogP contribution in [-0.4, -0.2) is 53.0 Å². The molecule has 2 heterocycles. The zero-order valence-electron chi connectivity index (χ0n) is 10.6. The van der Waals surface area contributed by atoms with Gasteiger partial charge >= 0.3 is 6.03 Å². The molecule has 0 unspecified atom stereocenters. The number of rotatable bonds is 2. The van der Waals surface area contributed by atoms with Gasteiger partial charge in [-0.1, -0.05) is 0 Å². The minimum Gasteiger partial charge on any atom is -0.324 e. The fourth-order valence-electron chi connectivity index (χ4n) is 1.97. The number of imide groups is 1. The Morgan fingerprint density at radius 1 is 1.39 bits per heavy atom. The standard InChI is InChI=1S/C11H17N3O4/c1-11(2)9(16)13(10(17)12-11)7-8(15)14-5-3-4-6-18-14/h3-7H2,1-2H3,(H,12,17). The van der Waals surface area contributed by atoms with E-state index in [9.17, 15) is 14.4 Å². The van der Waals surface area contributed by atoms with E-state index in [-0.39, 0.29) is 12.5 Å². The van der Waals surface area contributed by atoms with Crippen molar-refractivity contribution in [2.24, 2.45) is 0 Å². The average molecular weight is 255 g/mol. The van der Waals surface area contributed by atoms with Crippen LogP contribution in [0.3, 0.4) is 0 Å². The zero-order valence-corrected chi connectivity index (χ0v) is 10.6. The van der Waals surface area contributed by atoms with Crippen LogP contribution in [0, 0.1) is 0 Å². The molecule has 2 aliphatic rings. The SMILES string of the molecule is CC1(C)NC(=O)N(CC(=O)N2CCCCO2)C1=O. The molecule has 2 fully saturated rings. The third-order valence-corrected chi connectivity index (χ3v) is 3.02. The molecule has 2 saturated heterocycles. The van der Waals surface area contributed by atoms with Crippen LogP contribution in [-0.2, 0) is 14.4 Å². The molecule has 0 spiro atoms. The number of urea groups is 1. The highest BCUT2D eigenvalue weighted by atomic mass is 16.7. The van der Waals surface area contributed by atoms with Crippen LogP contribution in [0.4, 0.5) is 4.79 Å². The third-order valence-electron chi connectivity index (χ3n) is 3.02. The smallest absolute Gasteiger partial charge is 0.324 e. The maximum Gasteiger partial charge on any atom is 0.325 e. The lowest BCUT2D eigenvalue weighted by Gasteiger charge is -2.27. The van der Waals surface area contributed by atoms with Gasteiger partial charge in [-0.3, -0.25) is 19.3 Å². The minimum absolute atomic E-state index is 0.270. The molecule has 2 rings (SSSR count). The van der Waals surface area contributed by atoms with Crippen molar-refractivity contribution in [2.75, 3.05) is 19.7 Å². The molecule has 0 atom stereocenters. The summed E-state index contributed by atoms with van der Waals surface area (Å²) < 4.78 is 0.